The molecule has 0 radical (unpaired) electrons. The number of phenols is 1. The average molecular weight is 423 g/mol. The van der Waals surface area contributed by atoms with Gasteiger partial charge in [0.15, 0.2) is 0 Å². The first-order chi connectivity index (χ1) is 14.6. The molecule has 2 aromatic rings. The van der Waals surface area contributed by atoms with Gasteiger partial charge in [0, 0.05) is 12.1 Å². The number of aromatic hydroxyl groups is 1. The molecule has 0 unspecified atom stereocenters. The molecule has 0 spiro atoms. The van der Waals surface area contributed by atoms with Crippen LogP contribution < -0.4 is 5.32 Å². The highest BCUT2D eigenvalue weighted by Crippen LogP contribution is 2.39. The van der Waals surface area contributed by atoms with Gasteiger partial charge in [-0.25, -0.2) is 4.79 Å². The summed E-state index contributed by atoms with van der Waals surface area (Å²) in [6.45, 7) is 10.2. The number of nitrogens with one attached hydrogen (secondary N) is 1. The molecule has 1 heterocycles. The second-order valence-electron chi connectivity index (χ2n) is 8.79. The van der Waals surface area contributed by atoms with Crippen LogP contribution in [0.2, 0.25) is 0 Å². The topological polar surface area (TPSA) is 77.0 Å². The number of phenolic OH excluding ortho intramolecular Hbond substituents is 1. The normalized spacial score (nSPS) is 17.5. The molecule has 1 amide bonds. The number of ether oxygens (including phenoxy) is 1. The maximum absolute atomic E-state index is 12.3. The molecule has 7 heteroatoms. The van der Waals surface area contributed by atoms with Gasteiger partial charge < -0.3 is 24.5 Å². The predicted molar refractivity (Wildman–Crippen MR) is 122 cm³/mol. The average Bonchev–Trinajstić information content (AvgIpc) is 2.94. The third-order valence-electron chi connectivity index (χ3n) is 5.73. The molecule has 2 N–H and O–H groups in total. The lowest BCUT2D eigenvalue weighted by Crippen LogP contribution is -2.41. The summed E-state index contributed by atoms with van der Waals surface area (Å²) < 4.78 is 17.6. The predicted octanol–water partition coefficient (Wildman–Crippen LogP) is 4.64. The standard InChI is InChI=1S/C24H30BNO5/c1-17-11-12-21(27)19(13-17)14-20(25-30-23(2,3)24(4,5)31-25)15-26-22(28)29-16-18-9-7-6-8-10-18/h6-14,27H,15-16H2,1-5H3,(H,26,28). The Morgan fingerprint density at radius 2 is 1.74 bits per heavy atom. The van der Waals surface area contributed by atoms with Crippen molar-refractivity contribution in [2.45, 2.75) is 52.4 Å². The Labute approximate surface area is 184 Å². The van der Waals surface area contributed by atoms with Gasteiger partial charge in [0.1, 0.15) is 12.4 Å². The van der Waals surface area contributed by atoms with Crippen LogP contribution in [0.4, 0.5) is 4.79 Å². The summed E-state index contributed by atoms with van der Waals surface area (Å²) >= 11 is 0. The summed E-state index contributed by atoms with van der Waals surface area (Å²) in [6, 6.07) is 14.8. The molecule has 31 heavy (non-hydrogen) atoms. The minimum absolute atomic E-state index is 0.145. The van der Waals surface area contributed by atoms with Gasteiger partial charge in [-0.3, -0.25) is 0 Å². The fourth-order valence-corrected chi connectivity index (χ4v) is 3.13. The molecule has 164 valence electrons. The molecule has 1 saturated heterocycles. The van der Waals surface area contributed by atoms with Crippen molar-refractivity contribution < 1.29 is 23.9 Å². The highest BCUT2D eigenvalue weighted by atomic mass is 16.7. The molecule has 0 aromatic heterocycles. The first-order valence-electron chi connectivity index (χ1n) is 10.4. The Morgan fingerprint density at radius 1 is 1.10 bits per heavy atom. The monoisotopic (exact) mass is 423 g/mol. The molecule has 6 nitrogen and oxygen atoms in total. The van der Waals surface area contributed by atoms with Crippen LogP contribution in [0.1, 0.15) is 44.4 Å². The molecular formula is C24H30BNO5. The molecular weight excluding hydrogens is 393 g/mol. The largest absolute Gasteiger partial charge is 0.507 e. The van der Waals surface area contributed by atoms with Gasteiger partial charge in [-0.15, -0.1) is 0 Å². The third kappa shape index (κ3) is 5.68. The summed E-state index contributed by atoms with van der Waals surface area (Å²) in [5.74, 6) is 0.145. The van der Waals surface area contributed by atoms with E-state index in [-0.39, 0.29) is 18.9 Å². The minimum Gasteiger partial charge on any atom is -0.507 e. The molecule has 0 aliphatic carbocycles. The van der Waals surface area contributed by atoms with Crippen molar-refractivity contribution in [3.63, 3.8) is 0 Å². The number of hydrogen-bond donors (Lipinski definition) is 2. The number of hydrogen-bond acceptors (Lipinski definition) is 5. The Morgan fingerprint density at radius 3 is 2.39 bits per heavy atom. The molecule has 1 aliphatic heterocycles. The van der Waals surface area contributed by atoms with Crippen molar-refractivity contribution in [2.24, 2.45) is 0 Å². The van der Waals surface area contributed by atoms with Crippen LogP contribution in [-0.2, 0) is 20.7 Å². The second-order valence-corrected chi connectivity index (χ2v) is 8.79. The third-order valence-corrected chi connectivity index (χ3v) is 5.73. The van der Waals surface area contributed by atoms with Crippen molar-refractivity contribution in [2.75, 3.05) is 6.54 Å². The summed E-state index contributed by atoms with van der Waals surface area (Å²) in [7, 11) is -0.667. The quantitative estimate of drug-likeness (QED) is 0.662. The van der Waals surface area contributed by atoms with E-state index in [0.717, 1.165) is 11.1 Å². The van der Waals surface area contributed by atoms with Crippen LogP contribution >= 0.6 is 0 Å². The molecule has 0 bridgehead atoms. The number of alkyl carbamates (subject to hydrolysis) is 1. The highest BCUT2D eigenvalue weighted by Gasteiger charge is 2.52. The van der Waals surface area contributed by atoms with E-state index in [1.165, 1.54) is 0 Å². The summed E-state index contributed by atoms with van der Waals surface area (Å²) in [4.78, 5) is 12.3. The van der Waals surface area contributed by atoms with Crippen molar-refractivity contribution in [3.8, 4) is 5.75 Å². The van der Waals surface area contributed by atoms with Crippen molar-refractivity contribution in [3.05, 3.63) is 70.7 Å². The van der Waals surface area contributed by atoms with Gasteiger partial charge in [-0.2, -0.15) is 0 Å². The molecule has 1 fully saturated rings. The van der Waals surface area contributed by atoms with Crippen molar-refractivity contribution >= 4 is 19.3 Å². The number of rotatable bonds is 6. The number of carbonyl (C=O) groups excluding carboxylic acids is 1. The van der Waals surface area contributed by atoms with Crippen molar-refractivity contribution in [1.82, 2.24) is 5.32 Å². The van der Waals surface area contributed by atoms with Gasteiger partial charge in [0.2, 0.25) is 0 Å². The Kier molecular flexibility index (Phi) is 6.77. The van der Waals surface area contributed by atoms with E-state index in [9.17, 15) is 9.90 Å². The molecule has 0 atom stereocenters. The van der Waals surface area contributed by atoms with E-state index < -0.39 is 24.4 Å². The number of benzene rings is 2. The van der Waals surface area contributed by atoms with Crippen LogP contribution in [0.3, 0.4) is 0 Å². The summed E-state index contributed by atoms with van der Waals surface area (Å²) in [6.07, 6.45) is 1.25. The first-order valence-corrected chi connectivity index (χ1v) is 10.4. The number of aryl methyl sites for hydroxylation is 1. The Hall–Kier alpha value is -2.77. The maximum Gasteiger partial charge on any atom is 0.492 e. The van der Waals surface area contributed by atoms with Gasteiger partial charge in [0.25, 0.3) is 0 Å². The number of amides is 1. The summed E-state index contributed by atoms with van der Waals surface area (Å²) in [5, 5.41) is 13.0. The second kappa shape index (κ2) is 9.16. The number of carbonyl (C=O) groups is 1. The van der Waals surface area contributed by atoms with Crippen LogP contribution in [0.5, 0.6) is 5.75 Å². The van der Waals surface area contributed by atoms with E-state index >= 15 is 0 Å². The zero-order valence-electron chi connectivity index (χ0n) is 18.8. The van der Waals surface area contributed by atoms with E-state index in [0.29, 0.717) is 11.0 Å². The lowest BCUT2D eigenvalue weighted by atomic mass is 9.77. The van der Waals surface area contributed by atoms with Gasteiger partial charge in [0.05, 0.1) is 11.2 Å². The maximum atomic E-state index is 12.3. The van der Waals surface area contributed by atoms with E-state index in [4.69, 9.17) is 14.0 Å². The SMILES string of the molecule is Cc1ccc(O)c(C=C(CNC(=O)OCc2ccccc2)B2OC(C)(C)C(C)(C)O2)c1. The van der Waals surface area contributed by atoms with Crippen LogP contribution in [0.25, 0.3) is 6.08 Å². The van der Waals surface area contributed by atoms with E-state index in [1.54, 1.807) is 12.1 Å². The van der Waals surface area contributed by atoms with Crippen LogP contribution in [-0.4, -0.2) is 36.1 Å². The Bertz CT molecular complexity index is 940. The minimum atomic E-state index is -0.667. The molecule has 0 saturated carbocycles. The van der Waals surface area contributed by atoms with E-state index in [2.05, 4.69) is 5.32 Å². The molecule has 2 aromatic carbocycles. The molecule has 3 rings (SSSR count). The highest BCUT2D eigenvalue weighted by molar-refractivity contribution is 6.56. The fourth-order valence-electron chi connectivity index (χ4n) is 3.13. The van der Waals surface area contributed by atoms with E-state index in [1.807, 2.05) is 77.1 Å². The van der Waals surface area contributed by atoms with Gasteiger partial charge in [-0.05, 0) is 57.8 Å². The first kappa shape index (κ1) is 22.9. The lowest BCUT2D eigenvalue weighted by molar-refractivity contribution is 0.00578. The zero-order valence-corrected chi connectivity index (χ0v) is 18.8. The van der Waals surface area contributed by atoms with Gasteiger partial charge in [-0.1, -0.05) is 48.0 Å². The zero-order chi connectivity index (χ0) is 22.6. The Balaban J connectivity index is 1.75. The van der Waals surface area contributed by atoms with Crippen molar-refractivity contribution in [1.29, 1.82) is 0 Å². The van der Waals surface area contributed by atoms with Crippen LogP contribution in [0.15, 0.2) is 54.0 Å². The lowest BCUT2D eigenvalue weighted by Gasteiger charge is -2.32. The fraction of sp³-hybridized carbons (Fsp3) is 0.375. The smallest absolute Gasteiger partial charge is 0.492 e. The molecule has 1 aliphatic rings. The van der Waals surface area contributed by atoms with Crippen LogP contribution in [0, 0.1) is 6.92 Å². The van der Waals surface area contributed by atoms with Gasteiger partial charge >= 0.3 is 13.2 Å². The summed E-state index contributed by atoms with van der Waals surface area (Å²) in [5.41, 5.74) is 2.16.